The summed E-state index contributed by atoms with van der Waals surface area (Å²) in [5.74, 6) is 0. The minimum Gasteiger partial charge on any atom is -0.452 e. The Morgan fingerprint density at radius 1 is 0.227 bits per heavy atom. The molecular formula is C73H44O2. The van der Waals surface area contributed by atoms with Crippen molar-refractivity contribution in [2.45, 2.75) is 5.41 Å². The summed E-state index contributed by atoms with van der Waals surface area (Å²) in [4.78, 5) is 0. The number of rotatable bonds is 6. The molecule has 2 aromatic heterocycles. The zero-order valence-corrected chi connectivity index (χ0v) is 40.7. The molecule has 0 N–H and O–H groups in total. The number of hydrogen-bond acceptors (Lipinski definition) is 2. The van der Waals surface area contributed by atoms with Crippen molar-refractivity contribution in [3.8, 4) is 55.6 Å². The largest absolute Gasteiger partial charge is 0.452 e. The minimum atomic E-state index is -0.464. The van der Waals surface area contributed by atoms with Crippen LogP contribution in [-0.2, 0) is 5.41 Å². The molecule has 2 nitrogen and oxygen atoms in total. The second-order valence-electron chi connectivity index (χ2n) is 20.2. The molecule has 13 aromatic carbocycles. The van der Waals surface area contributed by atoms with Gasteiger partial charge in [-0.15, -0.1) is 0 Å². The normalized spacial score (nSPS) is 12.9. The summed E-state index contributed by atoms with van der Waals surface area (Å²) in [6.07, 6.45) is 0. The Morgan fingerprint density at radius 3 is 1.16 bits per heavy atom. The molecule has 0 amide bonds. The lowest BCUT2D eigenvalue weighted by Crippen LogP contribution is -2.28. The predicted octanol–water partition coefficient (Wildman–Crippen LogP) is 20.0. The average Bonchev–Trinajstić information content (AvgIpc) is 4.21. The monoisotopic (exact) mass is 952 g/mol. The van der Waals surface area contributed by atoms with Crippen LogP contribution in [-0.4, -0.2) is 0 Å². The second kappa shape index (κ2) is 16.1. The molecule has 2 heteroatoms. The first-order valence-electron chi connectivity index (χ1n) is 25.9. The lowest BCUT2D eigenvalue weighted by atomic mass is 9.67. The summed E-state index contributed by atoms with van der Waals surface area (Å²) in [6.45, 7) is 0. The highest BCUT2D eigenvalue weighted by molar-refractivity contribution is 6.26. The number of furan rings is 2. The molecule has 0 atom stereocenters. The molecule has 348 valence electrons. The van der Waals surface area contributed by atoms with Gasteiger partial charge in [0.05, 0.1) is 5.41 Å². The van der Waals surface area contributed by atoms with E-state index in [-0.39, 0.29) is 0 Å². The van der Waals surface area contributed by atoms with Gasteiger partial charge in [0.15, 0.2) is 11.2 Å². The summed E-state index contributed by atoms with van der Waals surface area (Å²) >= 11 is 0. The van der Waals surface area contributed by atoms with E-state index in [0.717, 1.165) is 60.6 Å². The van der Waals surface area contributed by atoms with Crippen LogP contribution in [0.15, 0.2) is 276 Å². The van der Waals surface area contributed by atoms with Gasteiger partial charge in [0, 0.05) is 21.5 Å². The van der Waals surface area contributed by atoms with Crippen molar-refractivity contribution in [1.29, 1.82) is 0 Å². The van der Waals surface area contributed by atoms with Crippen LogP contribution in [0.3, 0.4) is 0 Å². The molecule has 15 aromatic rings. The van der Waals surface area contributed by atoms with Crippen molar-refractivity contribution in [2.24, 2.45) is 0 Å². The van der Waals surface area contributed by atoms with E-state index in [0.29, 0.717) is 0 Å². The summed E-state index contributed by atoms with van der Waals surface area (Å²) in [5, 5.41) is 12.0. The van der Waals surface area contributed by atoms with Crippen LogP contribution in [0.5, 0.6) is 0 Å². The van der Waals surface area contributed by atoms with E-state index in [1.54, 1.807) is 0 Å². The number of hydrogen-bond donors (Lipinski definition) is 0. The minimum absolute atomic E-state index is 0.464. The van der Waals surface area contributed by atoms with Gasteiger partial charge in [-0.1, -0.05) is 224 Å². The van der Waals surface area contributed by atoms with Crippen LogP contribution in [0.1, 0.15) is 22.3 Å². The van der Waals surface area contributed by atoms with Gasteiger partial charge in [0.1, 0.15) is 11.2 Å². The highest BCUT2D eigenvalue weighted by Gasteiger charge is 2.46. The molecule has 0 radical (unpaired) electrons. The van der Waals surface area contributed by atoms with Gasteiger partial charge in [0.25, 0.3) is 0 Å². The summed E-state index contributed by atoms with van der Waals surface area (Å²) in [5.41, 5.74) is 19.8. The Bertz CT molecular complexity index is 4710. The molecule has 0 saturated heterocycles. The van der Waals surface area contributed by atoms with Crippen molar-refractivity contribution in [2.75, 3.05) is 0 Å². The van der Waals surface area contributed by atoms with E-state index in [1.807, 2.05) is 0 Å². The lowest BCUT2D eigenvalue weighted by Gasteiger charge is -2.34. The van der Waals surface area contributed by atoms with E-state index >= 15 is 0 Å². The second-order valence-corrected chi connectivity index (χ2v) is 20.2. The van der Waals surface area contributed by atoms with E-state index in [4.69, 9.17) is 8.83 Å². The van der Waals surface area contributed by atoms with E-state index in [9.17, 15) is 0 Å². The van der Waals surface area contributed by atoms with Gasteiger partial charge in [-0.3, -0.25) is 0 Å². The maximum Gasteiger partial charge on any atom is 0.178 e. The molecule has 0 fully saturated rings. The first-order chi connectivity index (χ1) is 37.2. The van der Waals surface area contributed by atoms with Gasteiger partial charge in [-0.05, 0) is 153 Å². The molecular weight excluding hydrogens is 909 g/mol. The smallest absolute Gasteiger partial charge is 0.178 e. The molecule has 16 rings (SSSR count). The maximum absolute atomic E-state index is 6.74. The maximum atomic E-state index is 6.74. The fourth-order valence-corrected chi connectivity index (χ4v) is 12.9. The zero-order chi connectivity index (χ0) is 49.2. The highest BCUT2D eigenvalue weighted by atomic mass is 16.4. The Kier molecular flexibility index (Phi) is 8.99. The molecule has 2 heterocycles. The van der Waals surface area contributed by atoms with E-state index in [2.05, 4.69) is 267 Å². The molecule has 0 aliphatic heterocycles. The number of fused-ring (bicyclic) bond motifs is 16. The summed E-state index contributed by atoms with van der Waals surface area (Å²) < 4.78 is 13.4. The third kappa shape index (κ3) is 6.14. The highest BCUT2D eigenvalue weighted by Crippen LogP contribution is 2.58. The lowest BCUT2D eigenvalue weighted by molar-refractivity contribution is 0.633. The molecule has 75 heavy (non-hydrogen) atoms. The Morgan fingerprint density at radius 2 is 0.600 bits per heavy atom. The third-order valence-electron chi connectivity index (χ3n) is 16.4. The SMILES string of the molecule is c1ccc(C2(c3ccccc3)c3ccccc3-c3c(-c4ccc5oc6c(ccc7c8cc(-c9ccc(-c%10ccc(-c%11ccc%12c%13ccccc%13c%13ccccc%13c%12c%11)cc%10)cc9)ccc8oc76)c5c4)cccc32)cc1. The van der Waals surface area contributed by atoms with Crippen molar-refractivity contribution in [3.05, 3.63) is 289 Å². The quantitative estimate of drug-likeness (QED) is 0.155. The Labute approximate surface area is 433 Å². The van der Waals surface area contributed by atoms with Crippen LogP contribution >= 0.6 is 0 Å². The first kappa shape index (κ1) is 41.8. The van der Waals surface area contributed by atoms with Crippen LogP contribution in [0.25, 0.3) is 132 Å². The van der Waals surface area contributed by atoms with Crippen molar-refractivity contribution < 1.29 is 8.83 Å². The fourth-order valence-electron chi connectivity index (χ4n) is 12.9. The Hall–Kier alpha value is -9.76. The van der Waals surface area contributed by atoms with Gasteiger partial charge >= 0.3 is 0 Å². The summed E-state index contributed by atoms with van der Waals surface area (Å²) in [6, 6.07) is 97.7. The van der Waals surface area contributed by atoms with E-state index in [1.165, 1.54) is 93.5 Å². The zero-order valence-electron chi connectivity index (χ0n) is 40.7. The average molecular weight is 953 g/mol. The summed E-state index contributed by atoms with van der Waals surface area (Å²) in [7, 11) is 0. The molecule has 0 saturated carbocycles. The standard InChI is InChI=1S/C73H44O2/c1-3-14-52(15-4-1)73(53-16-5-2-6-17-53)66-24-12-11-22-62(66)70-54(23-13-25-67(70)73)51-36-41-69-65(44-51)61-39-38-60-64-43-50(35-40-68(64)74-71(60)72(61)75-69)48-32-28-46(29-33-48)45-26-30-47(31-27-45)49-34-37-59-57-20-8-7-18-55(57)56-19-9-10-21-58(56)63(59)42-49/h1-44H. The third-order valence-corrected chi connectivity index (χ3v) is 16.4. The fraction of sp³-hybridized carbons (Fsp3) is 0.0137. The van der Waals surface area contributed by atoms with Gasteiger partial charge in [-0.25, -0.2) is 0 Å². The van der Waals surface area contributed by atoms with Gasteiger partial charge < -0.3 is 8.83 Å². The Balaban J connectivity index is 0.725. The van der Waals surface area contributed by atoms with Crippen LogP contribution in [0, 0.1) is 0 Å². The molecule has 0 bridgehead atoms. The topological polar surface area (TPSA) is 26.3 Å². The first-order valence-corrected chi connectivity index (χ1v) is 25.9. The van der Waals surface area contributed by atoms with Crippen LogP contribution in [0.4, 0.5) is 0 Å². The van der Waals surface area contributed by atoms with Crippen LogP contribution < -0.4 is 0 Å². The van der Waals surface area contributed by atoms with E-state index < -0.39 is 5.41 Å². The molecule has 0 unspecified atom stereocenters. The predicted molar refractivity (Wildman–Crippen MR) is 313 cm³/mol. The van der Waals surface area contributed by atoms with Crippen molar-refractivity contribution in [1.82, 2.24) is 0 Å². The van der Waals surface area contributed by atoms with Crippen LogP contribution in [0.2, 0.25) is 0 Å². The van der Waals surface area contributed by atoms with Crippen molar-refractivity contribution in [3.63, 3.8) is 0 Å². The van der Waals surface area contributed by atoms with Gasteiger partial charge in [-0.2, -0.15) is 0 Å². The molecule has 0 spiro atoms. The molecule has 1 aliphatic rings. The molecule has 1 aliphatic carbocycles. The number of benzene rings is 13. The van der Waals surface area contributed by atoms with Crippen molar-refractivity contribution >= 4 is 76.2 Å². The van der Waals surface area contributed by atoms with Gasteiger partial charge in [0.2, 0.25) is 0 Å².